The second-order valence-corrected chi connectivity index (χ2v) is 5.04. The minimum atomic E-state index is -1.15. The molecule has 0 radical (unpaired) electrons. The Labute approximate surface area is 127 Å². The van der Waals surface area contributed by atoms with Crippen LogP contribution < -0.4 is 0 Å². The third-order valence-corrected chi connectivity index (χ3v) is 3.69. The van der Waals surface area contributed by atoms with E-state index < -0.39 is 30.2 Å². The van der Waals surface area contributed by atoms with E-state index in [4.69, 9.17) is 5.11 Å². The fraction of sp³-hybridized carbons (Fsp3) is 0.400. The fourth-order valence-corrected chi connectivity index (χ4v) is 2.52. The van der Waals surface area contributed by atoms with E-state index in [0.717, 1.165) is 12.1 Å². The van der Waals surface area contributed by atoms with E-state index in [2.05, 4.69) is 0 Å². The summed E-state index contributed by atoms with van der Waals surface area (Å²) in [5, 5.41) is 8.99. The molecule has 118 valence electrons. The number of nitrogens with zero attached hydrogens (tertiary/aromatic N) is 2. The van der Waals surface area contributed by atoms with Crippen LogP contribution >= 0.6 is 0 Å². The summed E-state index contributed by atoms with van der Waals surface area (Å²) < 4.78 is 12.9. The van der Waals surface area contributed by atoms with Crippen molar-refractivity contribution in [2.75, 3.05) is 19.6 Å². The van der Waals surface area contributed by atoms with Gasteiger partial charge in [-0.05, 0) is 31.2 Å². The first-order valence-electron chi connectivity index (χ1n) is 7.01. The number of hydrogen-bond acceptors (Lipinski definition) is 3. The Bertz CT molecular complexity index is 588. The zero-order chi connectivity index (χ0) is 16.3. The van der Waals surface area contributed by atoms with Gasteiger partial charge in [0, 0.05) is 25.2 Å². The summed E-state index contributed by atoms with van der Waals surface area (Å²) in [4.78, 5) is 38.6. The second-order valence-electron chi connectivity index (χ2n) is 5.04. The molecule has 1 atom stereocenters. The van der Waals surface area contributed by atoms with Crippen LogP contribution in [-0.4, -0.2) is 58.4 Å². The van der Waals surface area contributed by atoms with Gasteiger partial charge in [0.05, 0.1) is 6.42 Å². The van der Waals surface area contributed by atoms with E-state index in [0.29, 0.717) is 13.1 Å². The smallest absolute Gasteiger partial charge is 0.305 e. The van der Waals surface area contributed by atoms with Gasteiger partial charge in [0.1, 0.15) is 11.9 Å². The first-order valence-corrected chi connectivity index (χ1v) is 7.01. The zero-order valence-electron chi connectivity index (χ0n) is 12.2. The summed E-state index contributed by atoms with van der Waals surface area (Å²) in [7, 11) is 0. The molecule has 0 aliphatic carbocycles. The molecule has 6 nitrogen and oxygen atoms in total. The third-order valence-electron chi connectivity index (χ3n) is 3.69. The number of aliphatic carboxylic acids is 1. The lowest BCUT2D eigenvalue weighted by Gasteiger charge is -2.39. The van der Waals surface area contributed by atoms with Crippen molar-refractivity contribution < 1.29 is 23.9 Å². The molecule has 2 rings (SSSR count). The Morgan fingerprint density at radius 3 is 2.45 bits per heavy atom. The number of carboxylic acid groups (broad SMARTS) is 1. The monoisotopic (exact) mass is 308 g/mol. The summed E-state index contributed by atoms with van der Waals surface area (Å²) in [6.07, 6.45) is -0.442. The van der Waals surface area contributed by atoms with E-state index in [-0.39, 0.29) is 18.0 Å². The molecule has 7 heteroatoms. The lowest BCUT2D eigenvalue weighted by molar-refractivity contribution is -0.147. The maximum Gasteiger partial charge on any atom is 0.305 e. The normalized spacial score (nSPS) is 18.5. The van der Waals surface area contributed by atoms with Gasteiger partial charge >= 0.3 is 5.97 Å². The van der Waals surface area contributed by atoms with Gasteiger partial charge in [0.25, 0.3) is 5.91 Å². The number of rotatable bonds is 4. The van der Waals surface area contributed by atoms with Crippen molar-refractivity contribution in [1.82, 2.24) is 9.80 Å². The Morgan fingerprint density at radius 2 is 1.91 bits per heavy atom. The van der Waals surface area contributed by atoms with E-state index in [1.165, 1.54) is 21.9 Å². The summed E-state index contributed by atoms with van der Waals surface area (Å²) in [6, 6.07) is 3.94. The van der Waals surface area contributed by atoms with Crippen LogP contribution in [0.3, 0.4) is 0 Å². The molecule has 22 heavy (non-hydrogen) atoms. The molecule has 1 aromatic carbocycles. The first-order chi connectivity index (χ1) is 10.4. The number of amides is 2. The second kappa shape index (κ2) is 6.55. The van der Waals surface area contributed by atoms with Crippen LogP contribution in [0.4, 0.5) is 4.39 Å². The molecule has 0 spiro atoms. The van der Waals surface area contributed by atoms with Crippen molar-refractivity contribution in [2.45, 2.75) is 19.4 Å². The molecule has 1 aliphatic heterocycles. The van der Waals surface area contributed by atoms with Gasteiger partial charge in [-0.25, -0.2) is 4.39 Å². The number of carbonyl (C=O) groups is 3. The summed E-state index contributed by atoms with van der Waals surface area (Å²) in [6.45, 7) is 2.88. The van der Waals surface area contributed by atoms with Crippen LogP contribution in [0.2, 0.25) is 0 Å². The molecule has 0 aromatic heterocycles. The van der Waals surface area contributed by atoms with Gasteiger partial charge in [-0.15, -0.1) is 0 Å². The van der Waals surface area contributed by atoms with Crippen molar-refractivity contribution in [3.05, 3.63) is 35.6 Å². The van der Waals surface area contributed by atoms with Crippen LogP contribution in [-0.2, 0) is 9.59 Å². The molecule has 1 N–H and O–H groups in total. The standard InChI is InChI=1S/C15H17FN2O4/c1-2-17-7-8-18(12(15(17)22)9-13(19)20)14(21)10-3-5-11(16)6-4-10/h3-6,12H,2,7-9H2,1H3,(H,19,20). The number of hydrogen-bond donors (Lipinski definition) is 1. The Kier molecular flexibility index (Phi) is 4.75. The molecular formula is C15H17FN2O4. The average Bonchev–Trinajstić information content (AvgIpc) is 2.49. The molecule has 0 saturated carbocycles. The minimum absolute atomic E-state index is 0.231. The van der Waals surface area contributed by atoms with Crippen molar-refractivity contribution in [3.8, 4) is 0 Å². The highest BCUT2D eigenvalue weighted by Crippen LogP contribution is 2.18. The molecule has 1 unspecified atom stereocenters. The van der Waals surface area contributed by atoms with Crippen LogP contribution in [0.1, 0.15) is 23.7 Å². The number of carboxylic acids is 1. The van der Waals surface area contributed by atoms with Gasteiger partial charge in [0.15, 0.2) is 0 Å². The van der Waals surface area contributed by atoms with Crippen molar-refractivity contribution >= 4 is 17.8 Å². The summed E-state index contributed by atoms with van der Waals surface area (Å²) >= 11 is 0. The van der Waals surface area contributed by atoms with Crippen molar-refractivity contribution in [1.29, 1.82) is 0 Å². The largest absolute Gasteiger partial charge is 0.481 e. The average molecular weight is 308 g/mol. The van der Waals surface area contributed by atoms with Crippen LogP contribution in [0.5, 0.6) is 0 Å². The lowest BCUT2D eigenvalue weighted by atomic mass is 10.0. The van der Waals surface area contributed by atoms with E-state index in [1.807, 2.05) is 0 Å². The molecule has 1 aliphatic rings. The number of halogens is 1. The highest BCUT2D eigenvalue weighted by molar-refractivity contribution is 5.99. The van der Waals surface area contributed by atoms with E-state index in [9.17, 15) is 18.8 Å². The zero-order valence-corrected chi connectivity index (χ0v) is 12.2. The summed E-state index contributed by atoms with van der Waals surface area (Å²) in [5.41, 5.74) is 0.231. The number of piperazine rings is 1. The highest BCUT2D eigenvalue weighted by atomic mass is 19.1. The van der Waals surface area contributed by atoms with Gasteiger partial charge in [0.2, 0.25) is 5.91 Å². The lowest BCUT2D eigenvalue weighted by Crippen LogP contribution is -2.59. The van der Waals surface area contributed by atoms with E-state index in [1.54, 1.807) is 6.92 Å². The van der Waals surface area contributed by atoms with Crippen molar-refractivity contribution in [2.24, 2.45) is 0 Å². The number of benzene rings is 1. The maximum absolute atomic E-state index is 12.9. The summed E-state index contributed by atoms with van der Waals surface area (Å²) in [5.74, 6) is -2.44. The third kappa shape index (κ3) is 3.24. The van der Waals surface area contributed by atoms with Gasteiger partial charge < -0.3 is 14.9 Å². The minimum Gasteiger partial charge on any atom is -0.481 e. The van der Waals surface area contributed by atoms with Crippen molar-refractivity contribution in [3.63, 3.8) is 0 Å². The fourth-order valence-electron chi connectivity index (χ4n) is 2.52. The Hall–Kier alpha value is -2.44. The van der Waals surface area contributed by atoms with Gasteiger partial charge in [-0.1, -0.05) is 0 Å². The molecule has 1 aromatic rings. The highest BCUT2D eigenvalue weighted by Gasteiger charge is 2.38. The van der Waals surface area contributed by atoms with Gasteiger partial charge in [-0.2, -0.15) is 0 Å². The Morgan fingerprint density at radius 1 is 1.27 bits per heavy atom. The van der Waals surface area contributed by atoms with Crippen LogP contribution in [0, 0.1) is 5.82 Å². The molecule has 1 fully saturated rings. The topological polar surface area (TPSA) is 77.9 Å². The molecule has 1 saturated heterocycles. The van der Waals surface area contributed by atoms with Crippen LogP contribution in [0.15, 0.2) is 24.3 Å². The molecule has 1 heterocycles. The quantitative estimate of drug-likeness (QED) is 0.899. The van der Waals surface area contributed by atoms with Crippen LogP contribution in [0.25, 0.3) is 0 Å². The maximum atomic E-state index is 12.9. The predicted molar refractivity (Wildman–Crippen MR) is 75.7 cm³/mol. The predicted octanol–water partition coefficient (Wildman–Crippen LogP) is 0.973. The Balaban J connectivity index is 2.26. The van der Waals surface area contributed by atoms with Gasteiger partial charge in [-0.3, -0.25) is 14.4 Å². The SMILES string of the molecule is CCN1CCN(C(=O)c2ccc(F)cc2)C(CC(=O)O)C1=O. The number of carbonyl (C=O) groups excluding carboxylic acids is 2. The molecule has 2 amide bonds. The van der Waals surface area contributed by atoms with E-state index >= 15 is 0 Å². The molecular weight excluding hydrogens is 291 g/mol. The first kappa shape index (κ1) is 15.9. The number of likely N-dealkylation sites (N-methyl/N-ethyl adjacent to an activating group) is 1. The molecule has 0 bridgehead atoms.